The summed E-state index contributed by atoms with van der Waals surface area (Å²) in [5, 5.41) is 1.16. The van der Waals surface area contributed by atoms with Crippen molar-refractivity contribution in [3.8, 4) is 0 Å². The smallest absolute Gasteiger partial charge is 0.238 e. The zero-order chi connectivity index (χ0) is 22.1. The van der Waals surface area contributed by atoms with Crippen molar-refractivity contribution in [2.24, 2.45) is 7.05 Å². The molecule has 1 amide bonds. The molecule has 2 aromatic rings. The number of amides is 1. The molecule has 7 nitrogen and oxygen atoms in total. The van der Waals surface area contributed by atoms with Crippen molar-refractivity contribution < 1.29 is 17.9 Å². The number of sulfonamides is 1. The second-order valence-corrected chi connectivity index (χ2v) is 9.09. The van der Waals surface area contributed by atoms with Gasteiger partial charge in [0.05, 0.1) is 19.7 Å². The molecule has 1 aromatic heterocycles. The zero-order valence-electron chi connectivity index (χ0n) is 18.1. The molecule has 1 aromatic carbocycles. The van der Waals surface area contributed by atoms with E-state index in [2.05, 4.69) is 0 Å². The van der Waals surface area contributed by atoms with E-state index in [4.69, 9.17) is 4.74 Å². The van der Waals surface area contributed by atoms with Gasteiger partial charge in [-0.3, -0.25) is 4.79 Å². The van der Waals surface area contributed by atoms with Crippen LogP contribution in [0.25, 0.3) is 6.08 Å². The minimum absolute atomic E-state index is 0.229. The number of carbonyl (C=O) groups excluding carboxylic acids is 1. The Labute approximate surface area is 179 Å². The fourth-order valence-electron chi connectivity index (χ4n) is 2.96. The largest absolute Gasteiger partial charge is 0.383 e. The van der Waals surface area contributed by atoms with Crippen molar-refractivity contribution in [1.29, 1.82) is 0 Å². The number of hydrogen-bond donors (Lipinski definition) is 0. The highest BCUT2D eigenvalue weighted by Gasteiger charge is 2.27. The van der Waals surface area contributed by atoms with Crippen molar-refractivity contribution in [2.75, 3.05) is 26.8 Å². The van der Waals surface area contributed by atoms with Gasteiger partial charge in [0.2, 0.25) is 15.9 Å². The van der Waals surface area contributed by atoms with Crippen molar-refractivity contribution in [2.45, 2.75) is 26.4 Å². The highest BCUT2D eigenvalue weighted by molar-refractivity contribution is 7.92. The van der Waals surface area contributed by atoms with Crippen LogP contribution in [0.5, 0.6) is 0 Å². The van der Waals surface area contributed by atoms with Crippen molar-refractivity contribution >= 4 is 22.0 Å². The van der Waals surface area contributed by atoms with E-state index in [0.29, 0.717) is 19.7 Å². The number of aromatic nitrogens is 1. The summed E-state index contributed by atoms with van der Waals surface area (Å²) < 4.78 is 34.2. The molecule has 0 saturated carbocycles. The van der Waals surface area contributed by atoms with E-state index in [1.807, 2.05) is 60.3 Å². The van der Waals surface area contributed by atoms with Crippen LogP contribution in [0.3, 0.4) is 0 Å². The Bertz CT molecular complexity index is 936. The molecule has 0 unspecified atom stereocenters. The number of aryl methyl sites for hydroxylation is 1. The van der Waals surface area contributed by atoms with Crippen LogP contribution in [-0.4, -0.2) is 60.9 Å². The van der Waals surface area contributed by atoms with E-state index in [1.165, 1.54) is 4.31 Å². The monoisotopic (exact) mass is 433 g/mol. The first kappa shape index (κ1) is 23.9. The number of carbonyl (C=O) groups is 1. The van der Waals surface area contributed by atoms with Crippen molar-refractivity contribution in [1.82, 2.24) is 13.8 Å². The lowest BCUT2D eigenvalue weighted by atomic mass is 10.2. The third-order valence-corrected chi connectivity index (χ3v) is 6.43. The van der Waals surface area contributed by atoms with E-state index in [0.717, 1.165) is 16.7 Å². The van der Waals surface area contributed by atoms with Gasteiger partial charge in [-0.05, 0) is 37.6 Å². The van der Waals surface area contributed by atoms with Gasteiger partial charge in [0.15, 0.2) is 0 Å². The minimum atomic E-state index is -3.77. The molecule has 1 heterocycles. The minimum Gasteiger partial charge on any atom is -0.383 e. The quantitative estimate of drug-likeness (QED) is 0.546. The third-order valence-electron chi connectivity index (χ3n) is 4.75. The molecule has 0 aliphatic heterocycles. The van der Waals surface area contributed by atoms with Crippen molar-refractivity contribution in [3.05, 3.63) is 65.3 Å². The summed E-state index contributed by atoms with van der Waals surface area (Å²) in [6.45, 7) is 4.44. The van der Waals surface area contributed by atoms with Gasteiger partial charge < -0.3 is 14.2 Å². The Kier molecular flexibility index (Phi) is 8.83. The number of hydrogen-bond acceptors (Lipinski definition) is 4. The van der Waals surface area contributed by atoms with Crippen LogP contribution in [0, 0.1) is 0 Å². The fraction of sp³-hybridized carbons (Fsp3) is 0.409. The third kappa shape index (κ3) is 6.83. The normalized spacial score (nSPS) is 12.2. The molecule has 0 saturated heterocycles. The first-order valence-electron chi connectivity index (χ1n) is 9.86. The van der Waals surface area contributed by atoms with Gasteiger partial charge in [-0.2, -0.15) is 4.31 Å². The summed E-state index contributed by atoms with van der Waals surface area (Å²) >= 11 is 0. The Balaban J connectivity index is 2.18. The summed E-state index contributed by atoms with van der Waals surface area (Å²) in [7, 11) is -0.286. The zero-order valence-corrected chi connectivity index (χ0v) is 18.9. The van der Waals surface area contributed by atoms with Crippen LogP contribution in [0.4, 0.5) is 0 Å². The van der Waals surface area contributed by atoms with E-state index in [9.17, 15) is 13.2 Å². The van der Waals surface area contributed by atoms with E-state index >= 15 is 0 Å². The van der Waals surface area contributed by atoms with E-state index in [-0.39, 0.29) is 18.5 Å². The van der Waals surface area contributed by atoms with Gasteiger partial charge >= 0.3 is 0 Å². The number of rotatable bonds is 11. The van der Waals surface area contributed by atoms with E-state index < -0.39 is 10.0 Å². The summed E-state index contributed by atoms with van der Waals surface area (Å²) in [6.07, 6.45) is 3.45. The summed E-state index contributed by atoms with van der Waals surface area (Å²) in [5.74, 6) is -0.265. The lowest BCUT2D eigenvalue weighted by Gasteiger charge is -2.28. The SMILES string of the molecule is COCCN(Cc1cccn1C)C(=O)CN(C(C)C)S(=O)(=O)C=Cc1ccccc1. The lowest BCUT2D eigenvalue weighted by molar-refractivity contribution is -0.133. The highest BCUT2D eigenvalue weighted by atomic mass is 32.2. The molecule has 0 radical (unpaired) electrons. The van der Waals surface area contributed by atoms with Gasteiger partial charge in [-0.15, -0.1) is 0 Å². The number of methoxy groups -OCH3 is 1. The average molecular weight is 434 g/mol. The summed E-state index contributed by atoms with van der Waals surface area (Å²) in [5.41, 5.74) is 1.74. The van der Waals surface area contributed by atoms with Crippen LogP contribution in [0.15, 0.2) is 54.1 Å². The predicted octanol–water partition coefficient (Wildman–Crippen LogP) is 2.71. The number of benzene rings is 1. The molecule has 0 atom stereocenters. The second-order valence-electron chi connectivity index (χ2n) is 7.32. The van der Waals surface area contributed by atoms with Gasteiger partial charge in [-0.1, -0.05) is 30.3 Å². The number of ether oxygens (including phenoxy) is 1. The maximum atomic E-state index is 13.1. The molecule has 2 rings (SSSR count). The average Bonchev–Trinajstić information content (AvgIpc) is 3.12. The molecule has 0 N–H and O–H groups in total. The number of nitrogens with zero attached hydrogens (tertiary/aromatic N) is 3. The molecule has 0 bridgehead atoms. The van der Waals surface area contributed by atoms with Gasteiger partial charge in [0.25, 0.3) is 0 Å². The van der Waals surface area contributed by atoms with Crippen LogP contribution in [-0.2, 0) is 33.1 Å². The molecular weight excluding hydrogens is 402 g/mol. The maximum Gasteiger partial charge on any atom is 0.238 e. The highest BCUT2D eigenvalue weighted by Crippen LogP contribution is 2.14. The van der Waals surface area contributed by atoms with Crippen LogP contribution in [0.2, 0.25) is 0 Å². The van der Waals surface area contributed by atoms with Crippen LogP contribution < -0.4 is 0 Å². The Morgan fingerprint density at radius 1 is 1.17 bits per heavy atom. The standard InChI is InChI=1S/C22H31N3O4S/c1-19(2)25(30(27,28)16-12-20-9-6-5-7-10-20)18-22(26)24(14-15-29-4)17-21-11-8-13-23(21)3/h5-13,16,19H,14-15,17-18H2,1-4H3. The Morgan fingerprint density at radius 2 is 1.87 bits per heavy atom. The van der Waals surface area contributed by atoms with Crippen molar-refractivity contribution in [3.63, 3.8) is 0 Å². The topological polar surface area (TPSA) is 71.8 Å². The fourth-order valence-corrected chi connectivity index (χ4v) is 4.32. The van der Waals surface area contributed by atoms with Gasteiger partial charge in [0.1, 0.15) is 0 Å². The molecule has 0 aliphatic rings. The molecule has 30 heavy (non-hydrogen) atoms. The maximum absolute atomic E-state index is 13.1. The molecule has 164 valence electrons. The van der Waals surface area contributed by atoms with Gasteiger partial charge in [-0.25, -0.2) is 8.42 Å². The van der Waals surface area contributed by atoms with Gasteiger partial charge in [0, 0.05) is 44.0 Å². The summed E-state index contributed by atoms with van der Waals surface area (Å²) in [6, 6.07) is 12.7. The molecule has 0 fully saturated rings. The van der Waals surface area contributed by atoms with Crippen LogP contribution in [0.1, 0.15) is 25.1 Å². The second kappa shape index (κ2) is 11.1. The Morgan fingerprint density at radius 3 is 2.43 bits per heavy atom. The predicted molar refractivity (Wildman–Crippen MR) is 119 cm³/mol. The molecule has 0 spiro atoms. The molecule has 8 heteroatoms. The first-order chi connectivity index (χ1) is 14.2. The first-order valence-corrected chi connectivity index (χ1v) is 11.4. The summed E-state index contributed by atoms with van der Waals surface area (Å²) in [4.78, 5) is 14.7. The molecular formula is C22H31N3O4S. The van der Waals surface area contributed by atoms with E-state index in [1.54, 1.807) is 31.9 Å². The van der Waals surface area contributed by atoms with Crippen LogP contribution >= 0.6 is 0 Å². The molecule has 0 aliphatic carbocycles. The Hall–Kier alpha value is -2.42. The lowest BCUT2D eigenvalue weighted by Crippen LogP contribution is -2.45.